The Hall–Kier alpha value is -1.46. The minimum absolute atomic E-state index is 0.0708. The van der Waals surface area contributed by atoms with Gasteiger partial charge in [-0.15, -0.1) is 0 Å². The Morgan fingerprint density at radius 3 is 2.65 bits per heavy atom. The summed E-state index contributed by atoms with van der Waals surface area (Å²) >= 11 is 6.17. The summed E-state index contributed by atoms with van der Waals surface area (Å²) in [4.78, 5) is 11.6. The van der Waals surface area contributed by atoms with Crippen LogP contribution in [0.4, 0.5) is 0 Å². The minimum atomic E-state index is -0.197. The molecule has 1 aromatic carbocycles. The maximum absolute atomic E-state index is 11.6. The molecule has 20 heavy (non-hydrogen) atoms. The van der Waals surface area contributed by atoms with Crippen LogP contribution in [-0.4, -0.2) is 32.7 Å². The number of hydrogen-bond donors (Lipinski definition) is 2. The summed E-state index contributed by atoms with van der Waals surface area (Å²) in [6, 6.07) is 3.69. The molecule has 112 valence electrons. The summed E-state index contributed by atoms with van der Waals surface area (Å²) in [6.07, 6.45) is 0. The van der Waals surface area contributed by atoms with E-state index in [0.717, 1.165) is 5.56 Å². The molecule has 1 aromatic rings. The molecule has 2 N–H and O–H groups in total. The third-order valence-electron chi connectivity index (χ3n) is 2.47. The fraction of sp³-hybridized carbons (Fsp3) is 0.500. The molecule has 0 unspecified atom stereocenters. The van der Waals surface area contributed by atoms with Crippen LogP contribution in [0.15, 0.2) is 12.1 Å². The number of ether oxygens (including phenoxy) is 2. The van der Waals surface area contributed by atoms with Crippen molar-refractivity contribution in [1.82, 2.24) is 10.6 Å². The molecule has 0 spiro atoms. The Morgan fingerprint density at radius 1 is 1.40 bits per heavy atom. The molecule has 0 aliphatic rings. The highest BCUT2D eigenvalue weighted by Gasteiger charge is 2.14. The van der Waals surface area contributed by atoms with Gasteiger partial charge in [-0.3, -0.25) is 4.79 Å². The summed E-state index contributed by atoms with van der Waals surface area (Å²) in [5.41, 5.74) is 0.980. The Kier molecular flexibility index (Phi) is 6.61. The smallest absolute Gasteiger partial charge is 0.258 e. The molecule has 0 heterocycles. The molecule has 0 fully saturated rings. The van der Waals surface area contributed by atoms with Gasteiger partial charge < -0.3 is 20.1 Å². The maximum Gasteiger partial charge on any atom is 0.258 e. The Balaban J connectivity index is 2.81. The topological polar surface area (TPSA) is 59.6 Å². The van der Waals surface area contributed by atoms with Crippen LogP contribution in [0.2, 0.25) is 5.02 Å². The Labute approximate surface area is 124 Å². The zero-order valence-corrected chi connectivity index (χ0v) is 13.0. The van der Waals surface area contributed by atoms with Crippen molar-refractivity contribution in [3.63, 3.8) is 0 Å². The average molecular weight is 301 g/mol. The van der Waals surface area contributed by atoms with Gasteiger partial charge in [-0.2, -0.15) is 0 Å². The molecule has 0 aliphatic carbocycles. The van der Waals surface area contributed by atoms with Gasteiger partial charge in [0.05, 0.1) is 12.1 Å². The van der Waals surface area contributed by atoms with Crippen LogP contribution in [0, 0.1) is 0 Å². The van der Waals surface area contributed by atoms with Crippen molar-refractivity contribution < 1.29 is 14.3 Å². The van der Waals surface area contributed by atoms with E-state index in [2.05, 4.69) is 10.6 Å². The van der Waals surface area contributed by atoms with Crippen LogP contribution in [0.1, 0.15) is 19.4 Å². The standard InChI is InChI=1S/C14H21ClN2O3/c1-9(2)17-13(18)8-20-14-11(15)5-10(7-16-3)6-12(14)19-4/h5-6,9,16H,7-8H2,1-4H3,(H,17,18). The Bertz CT molecular complexity index is 464. The maximum atomic E-state index is 11.6. The number of halogens is 1. The van der Waals surface area contributed by atoms with Crippen molar-refractivity contribution in [2.45, 2.75) is 26.4 Å². The molecule has 6 heteroatoms. The van der Waals surface area contributed by atoms with Crippen LogP contribution >= 0.6 is 11.6 Å². The lowest BCUT2D eigenvalue weighted by Crippen LogP contribution is -2.34. The first-order chi connectivity index (χ1) is 9.47. The molecule has 0 bridgehead atoms. The molecule has 0 atom stereocenters. The predicted molar refractivity (Wildman–Crippen MR) is 79.5 cm³/mol. The number of carbonyl (C=O) groups excluding carboxylic acids is 1. The monoisotopic (exact) mass is 300 g/mol. The second-order valence-electron chi connectivity index (χ2n) is 4.65. The number of rotatable bonds is 7. The quantitative estimate of drug-likeness (QED) is 0.808. The van der Waals surface area contributed by atoms with Crippen LogP contribution in [0.3, 0.4) is 0 Å². The fourth-order valence-electron chi connectivity index (χ4n) is 1.72. The summed E-state index contributed by atoms with van der Waals surface area (Å²) in [5.74, 6) is 0.699. The second-order valence-corrected chi connectivity index (χ2v) is 5.06. The van der Waals surface area contributed by atoms with E-state index < -0.39 is 0 Å². The summed E-state index contributed by atoms with van der Waals surface area (Å²) in [5, 5.41) is 6.20. The number of hydrogen-bond acceptors (Lipinski definition) is 4. The number of carbonyl (C=O) groups is 1. The number of amides is 1. The lowest BCUT2D eigenvalue weighted by atomic mass is 10.2. The molecule has 5 nitrogen and oxygen atoms in total. The van der Waals surface area contributed by atoms with E-state index in [1.54, 1.807) is 6.07 Å². The predicted octanol–water partition coefficient (Wildman–Crippen LogP) is 1.97. The van der Waals surface area contributed by atoms with Gasteiger partial charge in [0.15, 0.2) is 18.1 Å². The third kappa shape index (κ3) is 4.90. The summed E-state index contributed by atoms with van der Waals surface area (Å²) in [6.45, 7) is 4.35. The normalized spacial score (nSPS) is 10.5. The van der Waals surface area contributed by atoms with Gasteiger partial charge in [0, 0.05) is 12.6 Å². The fourth-order valence-corrected chi connectivity index (χ4v) is 2.01. The molecular formula is C14H21ClN2O3. The van der Waals surface area contributed by atoms with E-state index in [9.17, 15) is 4.79 Å². The zero-order chi connectivity index (χ0) is 15.1. The molecule has 1 amide bonds. The average Bonchev–Trinajstić information content (AvgIpc) is 2.36. The molecular weight excluding hydrogens is 280 g/mol. The van der Waals surface area contributed by atoms with Crippen molar-refractivity contribution in [1.29, 1.82) is 0 Å². The van der Waals surface area contributed by atoms with E-state index in [1.165, 1.54) is 7.11 Å². The van der Waals surface area contributed by atoms with Crippen molar-refractivity contribution in [3.8, 4) is 11.5 Å². The van der Waals surface area contributed by atoms with Gasteiger partial charge >= 0.3 is 0 Å². The largest absolute Gasteiger partial charge is 0.493 e. The third-order valence-corrected chi connectivity index (χ3v) is 2.75. The van der Waals surface area contributed by atoms with Gasteiger partial charge in [-0.05, 0) is 38.6 Å². The van der Waals surface area contributed by atoms with Crippen molar-refractivity contribution in [2.75, 3.05) is 20.8 Å². The number of benzene rings is 1. The van der Waals surface area contributed by atoms with Crippen molar-refractivity contribution in [3.05, 3.63) is 22.7 Å². The van der Waals surface area contributed by atoms with Crippen molar-refractivity contribution >= 4 is 17.5 Å². The first-order valence-electron chi connectivity index (χ1n) is 6.41. The van der Waals surface area contributed by atoms with E-state index in [4.69, 9.17) is 21.1 Å². The molecule has 0 saturated carbocycles. The number of methoxy groups -OCH3 is 1. The van der Waals surface area contributed by atoms with E-state index >= 15 is 0 Å². The van der Waals surface area contributed by atoms with Crippen LogP contribution in [0.25, 0.3) is 0 Å². The van der Waals surface area contributed by atoms with Gasteiger partial charge in [-0.1, -0.05) is 11.6 Å². The van der Waals surface area contributed by atoms with Crippen molar-refractivity contribution in [2.24, 2.45) is 0 Å². The van der Waals surface area contributed by atoms with Crippen LogP contribution < -0.4 is 20.1 Å². The highest BCUT2D eigenvalue weighted by molar-refractivity contribution is 6.32. The van der Waals surface area contributed by atoms with Gasteiger partial charge in [0.25, 0.3) is 5.91 Å². The van der Waals surface area contributed by atoms with Crippen LogP contribution in [-0.2, 0) is 11.3 Å². The first kappa shape index (κ1) is 16.6. The summed E-state index contributed by atoms with van der Waals surface area (Å²) in [7, 11) is 3.39. The zero-order valence-electron chi connectivity index (χ0n) is 12.2. The molecule has 0 saturated heterocycles. The molecule has 0 aromatic heterocycles. The SMILES string of the molecule is CNCc1cc(Cl)c(OCC(=O)NC(C)C)c(OC)c1. The van der Waals surface area contributed by atoms with Crippen LogP contribution in [0.5, 0.6) is 11.5 Å². The number of nitrogens with one attached hydrogen (secondary N) is 2. The lowest BCUT2D eigenvalue weighted by Gasteiger charge is -2.15. The molecule has 0 aliphatic heterocycles. The summed E-state index contributed by atoms with van der Waals surface area (Å²) < 4.78 is 10.7. The first-order valence-corrected chi connectivity index (χ1v) is 6.78. The molecule has 1 rings (SSSR count). The minimum Gasteiger partial charge on any atom is -0.493 e. The highest BCUT2D eigenvalue weighted by atomic mass is 35.5. The lowest BCUT2D eigenvalue weighted by molar-refractivity contribution is -0.123. The molecule has 0 radical (unpaired) electrons. The van der Waals surface area contributed by atoms with E-state index in [0.29, 0.717) is 23.1 Å². The second kappa shape index (κ2) is 7.97. The van der Waals surface area contributed by atoms with Gasteiger partial charge in [0.2, 0.25) is 0 Å². The van der Waals surface area contributed by atoms with Gasteiger partial charge in [0.1, 0.15) is 0 Å². The Morgan fingerprint density at radius 2 is 2.10 bits per heavy atom. The van der Waals surface area contributed by atoms with E-state index in [-0.39, 0.29) is 18.6 Å². The van der Waals surface area contributed by atoms with E-state index in [1.807, 2.05) is 27.0 Å². The van der Waals surface area contributed by atoms with Gasteiger partial charge in [-0.25, -0.2) is 0 Å². The highest BCUT2D eigenvalue weighted by Crippen LogP contribution is 2.36.